The maximum atomic E-state index is 12.5. The van der Waals surface area contributed by atoms with Gasteiger partial charge < -0.3 is 9.47 Å². The first-order chi connectivity index (χ1) is 17.4. The molecule has 8 nitrogen and oxygen atoms in total. The number of nitrogens with zero attached hydrogens (tertiary/aromatic N) is 2. The van der Waals surface area contributed by atoms with Crippen molar-refractivity contribution in [1.82, 2.24) is 5.43 Å². The third kappa shape index (κ3) is 6.16. The zero-order valence-corrected chi connectivity index (χ0v) is 21.5. The Kier molecular flexibility index (Phi) is 8.11. The highest BCUT2D eigenvalue weighted by Gasteiger charge is 2.13. The van der Waals surface area contributed by atoms with Gasteiger partial charge in [0, 0.05) is 12.1 Å². The Balaban J connectivity index is 1.40. The van der Waals surface area contributed by atoms with Gasteiger partial charge in [0.1, 0.15) is 6.61 Å². The zero-order chi connectivity index (χ0) is 25.5. The molecule has 0 aromatic heterocycles. The van der Waals surface area contributed by atoms with Gasteiger partial charge in [0.15, 0.2) is 11.5 Å². The van der Waals surface area contributed by atoms with E-state index >= 15 is 0 Å². The molecule has 0 unspecified atom stereocenters. The molecule has 1 amide bonds. The van der Waals surface area contributed by atoms with Crippen LogP contribution in [0, 0.1) is 13.7 Å². The number of amides is 1. The number of methoxy groups -OCH3 is 1. The molecule has 0 aliphatic rings. The summed E-state index contributed by atoms with van der Waals surface area (Å²) in [6.07, 6.45) is 1.76. The van der Waals surface area contributed by atoms with Crippen LogP contribution in [-0.4, -0.2) is 24.2 Å². The Morgan fingerprint density at radius 3 is 2.58 bits per heavy atom. The van der Waals surface area contributed by atoms with E-state index in [0.717, 1.165) is 31.0 Å². The minimum absolute atomic E-state index is 0.0266. The van der Waals surface area contributed by atoms with Crippen LogP contribution in [0.2, 0.25) is 0 Å². The van der Waals surface area contributed by atoms with Gasteiger partial charge in [0.05, 0.1) is 28.2 Å². The van der Waals surface area contributed by atoms with Crippen molar-refractivity contribution in [3.8, 4) is 11.5 Å². The minimum atomic E-state index is -0.442. The van der Waals surface area contributed by atoms with Gasteiger partial charge in [-0.3, -0.25) is 14.9 Å². The number of halogens is 1. The molecular weight excluding hydrogens is 573 g/mol. The van der Waals surface area contributed by atoms with Crippen molar-refractivity contribution in [1.29, 1.82) is 0 Å². The van der Waals surface area contributed by atoms with Crippen molar-refractivity contribution in [3.05, 3.63) is 109 Å². The molecule has 0 fully saturated rings. The summed E-state index contributed by atoms with van der Waals surface area (Å²) in [7, 11) is 1.54. The maximum Gasteiger partial charge on any atom is 0.269 e. The smallest absolute Gasteiger partial charge is 0.269 e. The zero-order valence-electron chi connectivity index (χ0n) is 19.3. The van der Waals surface area contributed by atoms with Crippen LogP contribution in [0.15, 0.2) is 84.0 Å². The summed E-state index contributed by atoms with van der Waals surface area (Å²) in [6, 6.07) is 23.6. The minimum Gasteiger partial charge on any atom is -0.493 e. The highest BCUT2D eigenvalue weighted by atomic mass is 127. The molecule has 1 N–H and O–H groups in total. The first kappa shape index (κ1) is 25.1. The molecule has 0 spiro atoms. The molecule has 0 heterocycles. The number of nitrogens with one attached hydrogen (secondary N) is 1. The largest absolute Gasteiger partial charge is 0.493 e. The fourth-order valence-corrected chi connectivity index (χ4v) is 4.44. The van der Waals surface area contributed by atoms with Crippen molar-refractivity contribution in [3.63, 3.8) is 0 Å². The monoisotopic (exact) mass is 595 g/mol. The van der Waals surface area contributed by atoms with E-state index in [2.05, 4.69) is 33.1 Å². The molecule has 0 saturated carbocycles. The molecule has 0 aliphatic carbocycles. The number of hydrazone groups is 1. The van der Waals surface area contributed by atoms with Crippen LogP contribution >= 0.6 is 22.6 Å². The van der Waals surface area contributed by atoms with E-state index in [1.807, 2.05) is 48.5 Å². The maximum absolute atomic E-state index is 12.5. The number of ether oxygens (including phenoxy) is 2. The predicted octanol–water partition coefficient (Wildman–Crippen LogP) is 5.63. The van der Waals surface area contributed by atoms with Crippen LogP contribution in [-0.2, 0) is 17.8 Å². The highest BCUT2D eigenvalue weighted by Crippen LogP contribution is 2.34. The van der Waals surface area contributed by atoms with Crippen LogP contribution in [0.3, 0.4) is 0 Å². The molecule has 4 aromatic rings. The van der Waals surface area contributed by atoms with Crippen LogP contribution < -0.4 is 14.9 Å². The van der Waals surface area contributed by atoms with Crippen LogP contribution in [0.25, 0.3) is 10.8 Å². The number of rotatable bonds is 9. The lowest BCUT2D eigenvalue weighted by atomic mass is 10.0. The van der Waals surface area contributed by atoms with Gasteiger partial charge in [-0.05, 0) is 74.3 Å². The first-order valence-corrected chi connectivity index (χ1v) is 12.0. The van der Waals surface area contributed by atoms with Crippen molar-refractivity contribution in [2.45, 2.75) is 13.0 Å². The van der Waals surface area contributed by atoms with Crippen LogP contribution in [0.5, 0.6) is 11.5 Å². The number of hydrogen-bond donors (Lipinski definition) is 1. The lowest BCUT2D eigenvalue weighted by molar-refractivity contribution is -0.384. The number of fused-ring (bicyclic) bond motifs is 1. The van der Waals surface area contributed by atoms with Gasteiger partial charge >= 0.3 is 0 Å². The molecule has 9 heteroatoms. The first-order valence-electron chi connectivity index (χ1n) is 11.0. The molecule has 0 atom stereocenters. The van der Waals surface area contributed by atoms with Crippen molar-refractivity contribution in [2.75, 3.05) is 7.11 Å². The Morgan fingerprint density at radius 1 is 1.08 bits per heavy atom. The van der Waals surface area contributed by atoms with Gasteiger partial charge in [-0.25, -0.2) is 5.43 Å². The van der Waals surface area contributed by atoms with Crippen LogP contribution in [0.4, 0.5) is 5.69 Å². The number of non-ortho nitro benzene ring substituents is 1. The highest BCUT2D eigenvalue weighted by molar-refractivity contribution is 14.1. The summed E-state index contributed by atoms with van der Waals surface area (Å²) in [6.45, 7) is 0.224. The normalized spacial score (nSPS) is 10.9. The predicted molar refractivity (Wildman–Crippen MR) is 147 cm³/mol. The molecule has 182 valence electrons. The van der Waals surface area contributed by atoms with E-state index in [1.54, 1.807) is 24.4 Å². The fraction of sp³-hybridized carbons (Fsp3) is 0.111. The SMILES string of the molecule is COc1cc(/C=N\NC(=O)Cc2cccc3ccccc23)cc(I)c1OCc1ccc([N+](=O)[O-])cc1. The van der Waals surface area contributed by atoms with Gasteiger partial charge in [-0.1, -0.05) is 42.5 Å². The Hall–Kier alpha value is -3.99. The number of carbonyl (C=O) groups excluding carboxylic acids is 1. The Labute approximate surface area is 221 Å². The molecule has 0 saturated heterocycles. The Morgan fingerprint density at radius 2 is 1.83 bits per heavy atom. The second kappa shape index (κ2) is 11.6. The molecule has 36 heavy (non-hydrogen) atoms. The van der Waals surface area contributed by atoms with Crippen molar-refractivity contribution >= 4 is 51.2 Å². The standard InChI is InChI=1S/C27H22IN3O5/c1-35-25-14-19(13-24(28)27(25)36-17-18-9-11-22(12-10-18)31(33)34)16-29-30-26(32)15-21-7-4-6-20-5-2-3-8-23(20)21/h2-14,16H,15,17H2,1H3,(H,30,32)/b29-16-. The summed E-state index contributed by atoms with van der Waals surface area (Å²) in [5, 5.41) is 17.0. The number of nitro benzene ring substituents is 1. The fourth-order valence-electron chi connectivity index (χ4n) is 3.66. The second-order valence-corrected chi connectivity index (χ2v) is 9.02. The molecule has 4 rings (SSSR count). The summed E-state index contributed by atoms with van der Waals surface area (Å²) >= 11 is 2.14. The molecule has 4 aromatic carbocycles. The number of nitro groups is 1. The average Bonchev–Trinajstić information content (AvgIpc) is 2.88. The molecular formula is C27H22IN3O5. The summed E-state index contributed by atoms with van der Waals surface area (Å²) in [5.74, 6) is 0.841. The third-order valence-electron chi connectivity index (χ3n) is 5.42. The van der Waals surface area contributed by atoms with E-state index in [-0.39, 0.29) is 24.6 Å². The van der Waals surface area contributed by atoms with Crippen molar-refractivity contribution < 1.29 is 19.2 Å². The number of carbonyl (C=O) groups is 1. The van der Waals surface area contributed by atoms with Gasteiger partial charge in [-0.15, -0.1) is 0 Å². The van der Waals surface area contributed by atoms with Gasteiger partial charge in [0.25, 0.3) is 5.69 Å². The lowest BCUT2D eigenvalue weighted by Gasteiger charge is -2.13. The number of benzene rings is 4. The van der Waals surface area contributed by atoms with E-state index in [9.17, 15) is 14.9 Å². The van der Waals surface area contributed by atoms with E-state index in [4.69, 9.17) is 9.47 Å². The third-order valence-corrected chi connectivity index (χ3v) is 6.22. The summed E-state index contributed by atoms with van der Waals surface area (Å²) in [4.78, 5) is 22.8. The van der Waals surface area contributed by atoms with E-state index in [0.29, 0.717) is 11.5 Å². The van der Waals surface area contributed by atoms with Gasteiger partial charge in [0.2, 0.25) is 5.91 Å². The quantitative estimate of drug-likeness (QED) is 0.117. The second-order valence-electron chi connectivity index (χ2n) is 7.85. The van der Waals surface area contributed by atoms with Gasteiger partial charge in [-0.2, -0.15) is 5.10 Å². The Bertz CT molecular complexity index is 1430. The number of hydrogen-bond acceptors (Lipinski definition) is 6. The van der Waals surface area contributed by atoms with E-state index < -0.39 is 4.92 Å². The molecule has 0 aliphatic heterocycles. The van der Waals surface area contributed by atoms with Crippen molar-refractivity contribution in [2.24, 2.45) is 5.10 Å². The lowest BCUT2D eigenvalue weighted by Crippen LogP contribution is -2.19. The topological polar surface area (TPSA) is 103 Å². The molecule has 0 radical (unpaired) electrons. The van der Waals surface area contributed by atoms with E-state index in [1.165, 1.54) is 19.2 Å². The van der Waals surface area contributed by atoms with Crippen LogP contribution in [0.1, 0.15) is 16.7 Å². The average molecular weight is 595 g/mol. The summed E-state index contributed by atoms with van der Waals surface area (Å²) in [5.41, 5.74) is 5.06. The molecule has 0 bridgehead atoms. The summed E-state index contributed by atoms with van der Waals surface area (Å²) < 4.78 is 12.2.